The summed E-state index contributed by atoms with van der Waals surface area (Å²) in [6.07, 6.45) is 0. The third kappa shape index (κ3) is 6.26. The van der Waals surface area contributed by atoms with Crippen LogP contribution in [-0.4, -0.2) is 0 Å². The van der Waals surface area contributed by atoms with Gasteiger partial charge in [0.2, 0.25) is 0 Å². The van der Waals surface area contributed by atoms with Gasteiger partial charge in [0.05, 0.1) is 0 Å². The minimum Gasteiger partial charge on any atom is -0.456 e. The lowest BCUT2D eigenvalue weighted by atomic mass is 9.95. The van der Waals surface area contributed by atoms with Crippen molar-refractivity contribution in [2.45, 2.75) is 0 Å². The number of fused-ring (bicyclic) bond motifs is 10. The summed E-state index contributed by atoms with van der Waals surface area (Å²) in [6, 6.07) is 85.3. The number of nitrogens with zero attached hydrogens (tertiary/aromatic N) is 1. The predicted molar refractivity (Wildman–Crippen MR) is 288 cm³/mol. The summed E-state index contributed by atoms with van der Waals surface area (Å²) in [5.74, 6) is 0. The number of benzene rings is 11. The maximum Gasteiger partial charge on any atom is 0.136 e. The highest BCUT2D eigenvalue weighted by Gasteiger charge is 2.18. The van der Waals surface area contributed by atoms with Gasteiger partial charge < -0.3 is 13.7 Å². The summed E-state index contributed by atoms with van der Waals surface area (Å²) in [4.78, 5) is 2.36. The first-order valence-electron chi connectivity index (χ1n) is 23.0. The molecule has 0 saturated carbocycles. The molecule has 0 aliphatic heterocycles. The van der Waals surface area contributed by atoms with Gasteiger partial charge in [0.15, 0.2) is 0 Å². The van der Waals surface area contributed by atoms with Gasteiger partial charge >= 0.3 is 0 Å². The highest BCUT2D eigenvalue weighted by Crippen LogP contribution is 2.44. The third-order valence-electron chi connectivity index (χ3n) is 13.7. The second-order valence-corrected chi connectivity index (χ2v) is 18.7. The van der Waals surface area contributed by atoms with Crippen molar-refractivity contribution in [1.82, 2.24) is 0 Å². The summed E-state index contributed by atoms with van der Waals surface area (Å²) >= 11 is 1.86. The Morgan fingerprint density at radius 3 is 1.28 bits per heavy atom. The molecule has 14 aromatic rings. The summed E-state index contributed by atoms with van der Waals surface area (Å²) < 4.78 is 15.1. The molecular formula is C64H39NO2S. The van der Waals surface area contributed by atoms with Gasteiger partial charge in [-0.05, 0) is 140 Å². The van der Waals surface area contributed by atoms with Gasteiger partial charge in [-0.3, -0.25) is 0 Å². The molecule has 0 bridgehead atoms. The molecule has 68 heavy (non-hydrogen) atoms. The Labute approximate surface area is 396 Å². The van der Waals surface area contributed by atoms with Crippen molar-refractivity contribution in [2.24, 2.45) is 0 Å². The van der Waals surface area contributed by atoms with Crippen LogP contribution >= 0.6 is 11.3 Å². The van der Waals surface area contributed by atoms with Gasteiger partial charge in [0.25, 0.3) is 0 Å². The maximum atomic E-state index is 6.27. The Kier molecular flexibility index (Phi) is 8.76. The molecule has 0 saturated heterocycles. The number of furan rings is 2. The van der Waals surface area contributed by atoms with E-state index in [-0.39, 0.29) is 0 Å². The molecule has 0 aliphatic carbocycles. The van der Waals surface area contributed by atoms with Crippen molar-refractivity contribution in [1.29, 1.82) is 0 Å². The zero-order valence-electron chi connectivity index (χ0n) is 36.7. The summed E-state index contributed by atoms with van der Waals surface area (Å²) in [5, 5.41) is 9.59. The molecule has 0 unspecified atom stereocenters. The Morgan fingerprint density at radius 2 is 0.691 bits per heavy atom. The van der Waals surface area contributed by atoms with E-state index in [1.54, 1.807) is 0 Å². The first kappa shape index (κ1) is 38.6. The lowest BCUT2D eigenvalue weighted by Gasteiger charge is -2.26. The monoisotopic (exact) mass is 885 g/mol. The first-order valence-corrected chi connectivity index (χ1v) is 23.9. The largest absolute Gasteiger partial charge is 0.456 e. The number of thiophene rings is 1. The van der Waals surface area contributed by atoms with Crippen LogP contribution in [0.4, 0.5) is 17.1 Å². The summed E-state index contributed by atoms with van der Waals surface area (Å²) in [5.41, 5.74) is 16.3. The van der Waals surface area contributed by atoms with E-state index in [4.69, 9.17) is 8.83 Å². The molecule has 3 nitrogen and oxygen atoms in total. The quantitative estimate of drug-likeness (QED) is 0.160. The maximum absolute atomic E-state index is 6.27. The zero-order valence-corrected chi connectivity index (χ0v) is 37.5. The molecule has 0 radical (unpaired) electrons. The van der Waals surface area contributed by atoms with Crippen molar-refractivity contribution in [3.63, 3.8) is 0 Å². The molecule has 0 atom stereocenters. The van der Waals surface area contributed by atoms with Crippen LogP contribution in [0, 0.1) is 0 Å². The van der Waals surface area contributed by atoms with E-state index in [1.807, 2.05) is 35.6 Å². The Balaban J connectivity index is 0.830. The van der Waals surface area contributed by atoms with Gasteiger partial charge in [0, 0.05) is 58.8 Å². The molecule has 3 heterocycles. The van der Waals surface area contributed by atoms with Gasteiger partial charge in [-0.2, -0.15) is 0 Å². The molecule has 11 aromatic carbocycles. The van der Waals surface area contributed by atoms with E-state index >= 15 is 0 Å². The van der Waals surface area contributed by atoms with Gasteiger partial charge in [-0.15, -0.1) is 11.3 Å². The van der Waals surface area contributed by atoms with Gasteiger partial charge in [-0.1, -0.05) is 152 Å². The molecule has 0 fully saturated rings. The molecule has 0 amide bonds. The van der Waals surface area contributed by atoms with Crippen molar-refractivity contribution in [3.8, 4) is 44.5 Å². The topological polar surface area (TPSA) is 29.5 Å². The van der Waals surface area contributed by atoms with Crippen LogP contribution in [0.2, 0.25) is 0 Å². The molecule has 0 spiro atoms. The minimum atomic E-state index is 0.897. The number of hydrogen-bond acceptors (Lipinski definition) is 4. The van der Waals surface area contributed by atoms with E-state index < -0.39 is 0 Å². The molecule has 318 valence electrons. The van der Waals surface area contributed by atoms with Gasteiger partial charge in [-0.25, -0.2) is 0 Å². The van der Waals surface area contributed by atoms with Crippen molar-refractivity contribution < 1.29 is 8.83 Å². The molecule has 0 N–H and O–H groups in total. The predicted octanol–water partition coefficient (Wildman–Crippen LogP) is 19.1. The van der Waals surface area contributed by atoms with E-state index in [2.05, 4.69) is 217 Å². The van der Waals surface area contributed by atoms with Crippen molar-refractivity contribution >= 4 is 103 Å². The third-order valence-corrected chi connectivity index (χ3v) is 14.8. The minimum absolute atomic E-state index is 0.897. The number of hydrogen-bond donors (Lipinski definition) is 0. The van der Waals surface area contributed by atoms with Crippen molar-refractivity contribution in [2.75, 3.05) is 4.90 Å². The number of para-hydroxylation sites is 2. The van der Waals surface area contributed by atoms with Crippen LogP contribution in [0.1, 0.15) is 0 Å². The second-order valence-electron chi connectivity index (χ2n) is 17.6. The standard InChI is InChI=1S/C64H39NO2S/c1-4-16-56-53(10-1)62-50(13-7-18-58(62)66-56)41-28-34-48(35-29-41)65(49-36-30-42(31-37-49)51-15-9-21-61-64(51)55-12-3-6-20-60(55)68-61)47-32-26-40(27-33-47)43-22-23-45-39-46(25-24-44(45)38-43)52-14-8-19-59-63(52)54-11-2-5-17-57(54)67-59/h1-39H. The normalized spacial score (nSPS) is 11.8. The molecule has 3 aromatic heterocycles. The number of rotatable bonds is 7. The fourth-order valence-electron chi connectivity index (χ4n) is 10.5. The Hall–Kier alpha value is -8.70. The molecule has 4 heteroatoms. The second kappa shape index (κ2) is 15.5. The average Bonchev–Trinajstić information content (AvgIpc) is 4.11. The SMILES string of the molecule is c1ccc2c(c1)oc1cccc(-c3ccc(N(c4ccc(-c5ccc6cc(-c7cccc8oc9ccccc9c78)ccc6c5)cc4)c4ccc(-c5cccc6sc7ccccc7c56)cc4)cc3)c12. The fourth-order valence-corrected chi connectivity index (χ4v) is 11.6. The van der Waals surface area contributed by atoms with E-state index in [1.165, 1.54) is 58.8 Å². The van der Waals surface area contributed by atoms with Crippen molar-refractivity contribution in [3.05, 3.63) is 237 Å². The van der Waals surface area contributed by atoms with Crippen LogP contribution in [0.15, 0.2) is 245 Å². The average molecular weight is 886 g/mol. The Bertz CT molecular complexity index is 4090. The Morgan fingerprint density at radius 1 is 0.279 bits per heavy atom. The fraction of sp³-hybridized carbons (Fsp3) is 0. The summed E-state index contributed by atoms with van der Waals surface area (Å²) in [7, 11) is 0. The van der Waals surface area contributed by atoms with Crippen LogP contribution in [0.3, 0.4) is 0 Å². The molecule has 0 aliphatic rings. The highest BCUT2D eigenvalue weighted by atomic mass is 32.1. The summed E-state index contributed by atoms with van der Waals surface area (Å²) in [6.45, 7) is 0. The van der Waals surface area contributed by atoms with E-state index in [0.717, 1.165) is 77.6 Å². The van der Waals surface area contributed by atoms with Crippen LogP contribution in [-0.2, 0) is 0 Å². The van der Waals surface area contributed by atoms with E-state index in [9.17, 15) is 0 Å². The number of anilines is 3. The zero-order chi connectivity index (χ0) is 44.7. The van der Waals surface area contributed by atoms with Crippen LogP contribution in [0.5, 0.6) is 0 Å². The molecular weight excluding hydrogens is 847 g/mol. The lowest BCUT2D eigenvalue weighted by molar-refractivity contribution is 0.668. The van der Waals surface area contributed by atoms with Crippen LogP contribution in [0.25, 0.3) is 119 Å². The smallest absolute Gasteiger partial charge is 0.136 e. The highest BCUT2D eigenvalue weighted by molar-refractivity contribution is 7.25. The first-order chi connectivity index (χ1) is 33.7. The van der Waals surface area contributed by atoms with E-state index in [0.29, 0.717) is 0 Å². The van der Waals surface area contributed by atoms with Gasteiger partial charge in [0.1, 0.15) is 22.3 Å². The van der Waals surface area contributed by atoms with Crippen LogP contribution < -0.4 is 4.90 Å². The molecule has 14 rings (SSSR count). The lowest BCUT2D eigenvalue weighted by Crippen LogP contribution is -2.09.